The van der Waals surface area contributed by atoms with Crippen molar-refractivity contribution in [2.24, 2.45) is 11.3 Å². The van der Waals surface area contributed by atoms with Gasteiger partial charge in [0.25, 0.3) is 5.91 Å². The summed E-state index contributed by atoms with van der Waals surface area (Å²) in [6.45, 7) is 1.62. The van der Waals surface area contributed by atoms with Gasteiger partial charge in [-0.05, 0) is 69.7 Å². The van der Waals surface area contributed by atoms with Crippen molar-refractivity contribution in [2.45, 2.75) is 62.5 Å². The van der Waals surface area contributed by atoms with Crippen molar-refractivity contribution in [2.75, 3.05) is 12.4 Å². The third-order valence-electron chi connectivity index (χ3n) is 7.89. The fourth-order valence-corrected chi connectivity index (χ4v) is 5.84. The molecule has 0 bridgehead atoms. The molecule has 43 heavy (non-hydrogen) atoms. The van der Waals surface area contributed by atoms with Crippen LogP contribution < -0.4 is 20.1 Å². The second-order valence-electron chi connectivity index (χ2n) is 11.0. The number of carbonyl (C=O) groups excluding carboxylic acids is 2. The van der Waals surface area contributed by atoms with Crippen LogP contribution in [-0.4, -0.2) is 42.1 Å². The third-order valence-corrected chi connectivity index (χ3v) is 9.03. The van der Waals surface area contributed by atoms with E-state index in [9.17, 15) is 47.7 Å². The minimum absolute atomic E-state index is 0.143. The number of hydrogen-bond donors (Lipinski definition) is 3. The predicted octanol–water partition coefficient (Wildman–Crippen LogP) is 7.19. The second kappa shape index (κ2) is 10.5. The minimum atomic E-state index is -10.4. The third kappa shape index (κ3) is 7.11. The number of amides is 2. The van der Waals surface area contributed by atoms with Gasteiger partial charge in [0.2, 0.25) is 5.91 Å². The summed E-state index contributed by atoms with van der Waals surface area (Å²) in [4.78, 5) is 34.6. The summed E-state index contributed by atoms with van der Waals surface area (Å²) in [6.07, 6.45) is 1.26. The zero-order valence-corrected chi connectivity index (χ0v) is 23.7. The van der Waals surface area contributed by atoms with Crippen molar-refractivity contribution in [1.82, 2.24) is 5.32 Å². The fourth-order valence-electron chi connectivity index (χ4n) is 5.06. The number of ether oxygens (including phenoxy) is 2. The molecule has 2 aliphatic rings. The molecule has 4 rings (SSSR count). The van der Waals surface area contributed by atoms with Gasteiger partial charge in [-0.15, -0.1) is 0 Å². The number of carboxylic acid groups (broad SMARTS) is 1. The average molecular weight is 643 g/mol. The molecule has 2 atom stereocenters. The summed E-state index contributed by atoms with van der Waals surface area (Å²) in [5.41, 5.74) is -1.77. The van der Waals surface area contributed by atoms with Gasteiger partial charge >= 0.3 is 16.2 Å². The van der Waals surface area contributed by atoms with E-state index in [4.69, 9.17) is 9.47 Å². The molecule has 0 heterocycles. The molecule has 0 saturated heterocycles. The van der Waals surface area contributed by atoms with E-state index in [1.54, 1.807) is 6.92 Å². The van der Waals surface area contributed by atoms with Gasteiger partial charge in [0.1, 0.15) is 16.5 Å². The SMILES string of the molecule is COc1cc(F)c(O[C@H]2CC[C@@](C)(C(=O)O)CC2)cc1C(=O)N[C@H]1CC[C@H]1C(=O)Nc1ccc(F)c(S(F)(F)(F)(F)F)c1. The van der Waals surface area contributed by atoms with Crippen molar-refractivity contribution in [3.63, 3.8) is 0 Å². The molecule has 0 aliphatic heterocycles. The Morgan fingerprint density at radius 1 is 0.930 bits per heavy atom. The van der Waals surface area contributed by atoms with Gasteiger partial charge in [-0.3, -0.25) is 14.4 Å². The molecule has 16 heteroatoms. The number of methoxy groups -OCH3 is 1. The first-order chi connectivity index (χ1) is 19.7. The highest BCUT2D eigenvalue weighted by atomic mass is 32.5. The largest absolute Gasteiger partial charge is 0.496 e. The van der Waals surface area contributed by atoms with Crippen LogP contribution in [0.2, 0.25) is 0 Å². The Kier molecular flexibility index (Phi) is 7.86. The molecule has 2 aromatic carbocycles. The monoisotopic (exact) mass is 642 g/mol. The topological polar surface area (TPSA) is 114 Å². The number of halogens is 7. The summed E-state index contributed by atoms with van der Waals surface area (Å²) in [6, 6.07) is 1.91. The Morgan fingerprint density at radius 3 is 2.12 bits per heavy atom. The highest BCUT2D eigenvalue weighted by Crippen LogP contribution is 3.02. The molecule has 238 valence electrons. The molecule has 0 unspecified atom stereocenters. The molecule has 0 radical (unpaired) electrons. The highest BCUT2D eigenvalue weighted by Gasteiger charge is 2.67. The van der Waals surface area contributed by atoms with Gasteiger partial charge in [0, 0.05) is 17.8 Å². The van der Waals surface area contributed by atoms with Crippen molar-refractivity contribution >= 4 is 33.7 Å². The molecule has 3 N–H and O–H groups in total. The Balaban J connectivity index is 1.44. The molecule has 2 amide bonds. The summed E-state index contributed by atoms with van der Waals surface area (Å²) in [7, 11) is -9.18. The van der Waals surface area contributed by atoms with Crippen LogP contribution >= 0.6 is 10.2 Å². The minimum Gasteiger partial charge on any atom is -0.496 e. The van der Waals surface area contributed by atoms with Crippen LogP contribution in [0.1, 0.15) is 55.8 Å². The molecule has 0 spiro atoms. The van der Waals surface area contributed by atoms with Gasteiger partial charge in [-0.1, -0.05) is 19.4 Å². The Labute approximate surface area is 241 Å². The van der Waals surface area contributed by atoms with E-state index in [0.717, 1.165) is 12.1 Å². The van der Waals surface area contributed by atoms with Crippen LogP contribution in [0.4, 0.5) is 33.9 Å². The first kappa shape index (κ1) is 32.2. The van der Waals surface area contributed by atoms with Crippen LogP contribution in [0.3, 0.4) is 0 Å². The number of anilines is 1. The van der Waals surface area contributed by atoms with Crippen molar-refractivity contribution < 1.29 is 57.2 Å². The Bertz CT molecular complexity index is 1460. The maximum absolute atomic E-state index is 14.8. The highest BCUT2D eigenvalue weighted by molar-refractivity contribution is 8.45. The first-order valence-corrected chi connectivity index (χ1v) is 15.1. The first-order valence-electron chi connectivity index (χ1n) is 13.1. The lowest BCUT2D eigenvalue weighted by Gasteiger charge is -2.40. The maximum atomic E-state index is 14.8. The summed E-state index contributed by atoms with van der Waals surface area (Å²) in [5, 5.41) is 14.0. The zero-order chi connectivity index (χ0) is 32.0. The van der Waals surface area contributed by atoms with Crippen LogP contribution in [0.25, 0.3) is 0 Å². The lowest BCUT2D eigenvalue weighted by molar-refractivity contribution is -0.150. The average Bonchev–Trinajstić information content (AvgIpc) is 2.88. The van der Waals surface area contributed by atoms with Gasteiger partial charge < -0.3 is 25.2 Å². The van der Waals surface area contributed by atoms with Gasteiger partial charge in [0.05, 0.1) is 30.1 Å². The summed E-state index contributed by atoms with van der Waals surface area (Å²) in [5.74, 6) is -7.02. The molecule has 2 aliphatic carbocycles. The van der Waals surface area contributed by atoms with Crippen molar-refractivity contribution in [3.05, 3.63) is 47.5 Å². The fraction of sp³-hybridized carbons (Fsp3) is 0.444. The van der Waals surface area contributed by atoms with E-state index in [1.165, 1.54) is 7.11 Å². The van der Waals surface area contributed by atoms with Crippen molar-refractivity contribution in [1.29, 1.82) is 0 Å². The number of benzene rings is 2. The van der Waals surface area contributed by atoms with E-state index in [0.29, 0.717) is 31.7 Å². The number of carbonyl (C=O) groups is 3. The molecule has 2 saturated carbocycles. The molecule has 8 nitrogen and oxygen atoms in total. The van der Waals surface area contributed by atoms with E-state index >= 15 is 0 Å². The Hall–Kier alpha value is -3.69. The van der Waals surface area contributed by atoms with Crippen LogP contribution in [0.5, 0.6) is 11.5 Å². The number of aliphatic carboxylic acids is 1. The number of rotatable bonds is 9. The van der Waals surface area contributed by atoms with Crippen LogP contribution in [-0.2, 0) is 9.59 Å². The standard InChI is InChI=1S/C27H29F7N2O6S/c1-27(26(39)40)9-7-15(8-10-27)42-22-12-17(21(41-2)13-19(22)29)25(38)36-20-6-4-16(20)24(37)35-14-3-5-18(28)23(11-14)43(30,31,32,33)34/h3,5,11-13,15-16,20H,4,6-10H2,1-2H3,(H,35,37)(H,36,38)(H,39,40)/t15-,16-,20+,27+/m1/s1. The van der Waals surface area contributed by atoms with Gasteiger partial charge in [-0.2, -0.15) is 0 Å². The zero-order valence-electron chi connectivity index (χ0n) is 22.9. The molecule has 2 aromatic rings. The van der Waals surface area contributed by atoms with Crippen molar-refractivity contribution in [3.8, 4) is 11.5 Å². The molecule has 2 fully saturated rings. The van der Waals surface area contributed by atoms with Crippen LogP contribution in [0, 0.1) is 23.0 Å². The smallest absolute Gasteiger partial charge is 0.313 e. The van der Waals surface area contributed by atoms with E-state index in [-0.39, 0.29) is 42.0 Å². The van der Waals surface area contributed by atoms with Crippen LogP contribution in [0.15, 0.2) is 35.2 Å². The normalized spacial score (nSPS) is 25.4. The number of nitrogens with one attached hydrogen (secondary N) is 2. The van der Waals surface area contributed by atoms with E-state index in [2.05, 4.69) is 10.6 Å². The van der Waals surface area contributed by atoms with Gasteiger partial charge in [-0.25, -0.2) is 8.78 Å². The molecular weight excluding hydrogens is 613 g/mol. The quantitative estimate of drug-likeness (QED) is 0.250. The number of hydrogen-bond acceptors (Lipinski definition) is 5. The van der Waals surface area contributed by atoms with Gasteiger partial charge in [0.15, 0.2) is 11.6 Å². The lowest BCUT2D eigenvalue weighted by Crippen LogP contribution is -2.51. The Morgan fingerprint density at radius 2 is 1.58 bits per heavy atom. The van der Waals surface area contributed by atoms with E-state index in [1.807, 2.05) is 0 Å². The number of carboxylic acids is 1. The maximum Gasteiger partial charge on any atom is 0.313 e. The van der Waals surface area contributed by atoms with E-state index < -0.39 is 73.7 Å². The molecular formula is C27H29F7N2O6S. The predicted molar refractivity (Wildman–Crippen MR) is 142 cm³/mol. The summed E-state index contributed by atoms with van der Waals surface area (Å²) >= 11 is 0. The second-order valence-corrected chi connectivity index (χ2v) is 13.4. The molecule has 0 aromatic heterocycles. The lowest BCUT2D eigenvalue weighted by atomic mass is 9.75. The summed E-state index contributed by atoms with van der Waals surface area (Å²) < 4.78 is 105.